The molecular weight excluding hydrogens is 178 g/mol. The Labute approximate surface area is 86.2 Å². The second-order valence-corrected chi connectivity index (χ2v) is 4.17. The minimum atomic E-state index is 0.146. The Bertz CT molecular complexity index is 198. The molecule has 1 saturated heterocycles. The first kappa shape index (κ1) is 11.3. The number of hydrogen-bond acceptors (Lipinski definition) is 2. The van der Waals surface area contributed by atoms with E-state index in [4.69, 9.17) is 0 Å². The van der Waals surface area contributed by atoms with E-state index < -0.39 is 0 Å². The van der Waals surface area contributed by atoms with E-state index in [1.165, 1.54) is 0 Å². The molecule has 2 atom stereocenters. The highest BCUT2D eigenvalue weighted by Gasteiger charge is 2.25. The van der Waals surface area contributed by atoms with Gasteiger partial charge in [-0.05, 0) is 20.8 Å². The van der Waals surface area contributed by atoms with E-state index in [0.717, 1.165) is 19.6 Å². The van der Waals surface area contributed by atoms with Gasteiger partial charge < -0.3 is 15.1 Å². The molecule has 0 bridgehead atoms. The topological polar surface area (TPSA) is 35.6 Å². The van der Waals surface area contributed by atoms with Gasteiger partial charge >= 0.3 is 6.03 Å². The summed E-state index contributed by atoms with van der Waals surface area (Å²) in [6, 6.07) is 0.939. The fourth-order valence-corrected chi connectivity index (χ4v) is 1.86. The summed E-state index contributed by atoms with van der Waals surface area (Å²) >= 11 is 0. The second kappa shape index (κ2) is 4.64. The third-order valence-electron chi connectivity index (χ3n) is 2.63. The van der Waals surface area contributed by atoms with Crippen LogP contribution in [0.2, 0.25) is 0 Å². The SMILES string of the molecule is CCN(C)C(=O)N1CC(C)NC(C)C1. The van der Waals surface area contributed by atoms with Gasteiger partial charge in [0, 0.05) is 38.8 Å². The fraction of sp³-hybridized carbons (Fsp3) is 0.900. The molecule has 2 unspecified atom stereocenters. The van der Waals surface area contributed by atoms with E-state index in [1.807, 2.05) is 18.9 Å². The zero-order valence-corrected chi connectivity index (χ0v) is 9.58. The van der Waals surface area contributed by atoms with Crippen molar-refractivity contribution in [3.05, 3.63) is 0 Å². The number of nitrogens with one attached hydrogen (secondary N) is 1. The van der Waals surface area contributed by atoms with E-state index in [2.05, 4.69) is 19.2 Å². The van der Waals surface area contributed by atoms with Crippen LogP contribution in [0, 0.1) is 0 Å². The molecule has 1 rings (SSSR count). The van der Waals surface area contributed by atoms with Crippen LogP contribution in [-0.4, -0.2) is 54.6 Å². The molecule has 0 saturated carbocycles. The van der Waals surface area contributed by atoms with Crippen molar-refractivity contribution in [2.24, 2.45) is 0 Å². The van der Waals surface area contributed by atoms with E-state index in [0.29, 0.717) is 12.1 Å². The van der Waals surface area contributed by atoms with Gasteiger partial charge in [-0.2, -0.15) is 0 Å². The van der Waals surface area contributed by atoms with Crippen molar-refractivity contribution >= 4 is 6.03 Å². The van der Waals surface area contributed by atoms with Gasteiger partial charge in [0.15, 0.2) is 0 Å². The number of rotatable bonds is 1. The number of urea groups is 1. The molecule has 1 N–H and O–H groups in total. The van der Waals surface area contributed by atoms with Gasteiger partial charge in [-0.25, -0.2) is 4.79 Å². The molecule has 0 aromatic carbocycles. The molecule has 1 heterocycles. The van der Waals surface area contributed by atoms with Crippen LogP contribution < -0.4 is 5.32 Å². The lowest BCUT2D eigenvalue weighted by atomic mass is 10.1. The summed E-state index contributed by atoms with van der Waals surface area (Å²) in [7, 11) is 1.85. The molecule has 0 aromatic heterocycles. The van der Waals surface area contributed by atoms with Crippen molar-refractivity contribution in [1.82, 2.24) is 15.1 Å². The Kier molecular flexibility index (Phi) is 3.75. The molecule has 0 aromatic rings. The van der Waals surface area contributed by atoms with Gasteiger partial charge in [0.1, 0.15) is 0 Å². The average molecular weight is 199 g/mol. The lowest BCUT2D eigenvalue weighted by Gasteiger charge is -2.37. The Morgan fingerprint density at radius 2 is 1.93 bits per heavy atom. The average Bonchev–Trinajstić information content (AvgIpc) is 2.14. The monoisotopic (exact) mass is 199 g/mol. The van der Waals surface area contributed by atoms with E-state index >= 15 is 0 Å². The van der Waals surface area contributed by atoms with Crippen molar-refractivity contribution in [2.45, 2.75) is 32.9 Å². The van der Waals surface area contributed by atoms with Crippen LogP contribution >= 0.6 is 0 Å². The predicted molar refractivity (Wildman–Crippen MR) is 57.3 cm³/mol. The van der Waals surface area contributed by atoms with Gasteiger partial charge in [0.2, 0.25) is 0 Å². The zero-order chi connectivity index (χ0) is 10.7. The van der Waals surface area contributed by atoms with Crippen molar-refractivity contribution in [3.63, 3.8) is 0 Å². The maximum atomic E-state index is 11.8. The van der Waals surface area contributed by atoms with Crippen molar-refractivity contribution < 1.29 is 4.79 Å². The molecule has 2 amide bonds. The van der Waals surface area contributed by atoms with Gasteiger partial charge in [-0.3, -0.25) is 0 Å². The molecule has 14 heavy (non-hydrogen) atoms. The van der Waals surface area contributed by atoms with Gasteiger partial charge in [-0.1, -0.05) is 0 Å². The lowest BCUT2D eigenvalue weighted by molar-refractivity contribution is 0.137. The summed E-state index contributed by atoms with van der Waals surface area (Å²) in [6.45, 7) is 8.61. The summed E-state index contributed by atoms with van der Waals surface area (Å²) in [5.41, 5.74) is 0. The van der Waals surface area contributed by atoms with Crippen molar-refractivity contribution in [1.29, 1.82) is 0 Å². The highest BCUT2D eigenvalue weighted by Crippen LogP contribution is 2.06. The van der Waals surface area contributed by atoms with Crippen LogP contribution in [0.5, 0.6) is 0 Å². The first-order chi connectivity index (χ1) is 6.54. The molecule has 82 valence electrons. The van der Waals surface area contributed by atoms with Crippen LogP contribution in [0.25, 0.3) is 0 Å². The van der Waals surface area contributed by atoms with Gasteiger partial charge in [0.05, 0.1) is 0 Å². The van der Waals surface area contributed by atoms with Gasteiger partial charge in [-0.15, -0.1) is 0 Å². The number of piperazine rings is 1. The fourth-order valence-electron chi connectivity index (χ4n) is 1.86. The van der Waals surface area contributed by atoms with Crippen LogP contribution in [0.3, 0.4) is 0 Å². The van der Waals surface area contributed by atoms with Crippen LogP contribution in [0.15, 0.2) is 0 Å². The number of amides is 2. The van der Waals surface area contributed by atoms with Crippen LogP contribution in [-0.2, 0) is 0 Å². The highest BCUT2D eigenvalue weighted by atomic mass is 16.2. The largest absolute Gasteiger partial charge is 0.328 e. The van der Waals surface area contributed by atoms with E-state index in [-0.39, 0.29) is 6.03 Å². The summed E-state index contributed by atoms with van der Waals surface area (Å²) in [6.07, 6.45) is 0. The second-order valence-electron chi connectivity index (χ2n) is 4.17. The van der Waals surface area contributed by atoms with Crippen LogP contribution in [0.1, 0.15) is 20.8 Å². The Hall–Kier alpha value is -0.770. The van der Waals surface area contributed by atoms with Crippen molar-refractivity contribution in [2.75, 3.05) is 26.7 Å². The summed E-state index contributed by atoms with van der Waals surface area (Å²) < 4.78 is 0. The molecule has 1 aliphatic rings. The molecular formula is C10H21N3O. The number of nitrogens with zero attached hydrogens (tertiary/aromatic N) is 2. The molecule has 0 aliphatic carbocycles. The highest BCUT2D eigenvalue weighted by molar-refractivity contribution is 5.74. The summed E-state index contributed by atoms with van der Waals surface area (Å²) in [5, 5.41) is 3.41. The molecule has 4 nitrogen and oxygen atoms in total. The van der Waals surface area contributed by atoms with E-state index in [1.54, 1.807) is 4.90 Å². The summed E-state index contributed by atoms with van der Waals surface area (Å²) in [5.74, 6) is 0. The van der Waals surface area contributed by atoms with Gasteiger partial charge in [0.25, 0.3) is 0 Å². The molecule has 0 radical (unpaired) electrons. The number of hydrogen-bond donors (Lipinski definition) is 1. The summed E-state index contributed by atoms with van der Waals surface area (Å²) in [4.78, 5) is 15.5. The Morgan fingerprint density at radius 1 is 1.43 bits per heavy atom. The normalized spacial score (nSPS) is 27.6. The molecule has 1 fully saturated rings. The third-order valence-corrected chi connectivity index (χ3v) is 2.63. The van der Waals surface area contributed by atoms with E-state index in [9.17, 15) is 4.79 Å². The predicted octanol–water partition coefficient (Wildman–Crippen LogP) is 0.740. The Balaban J connectivity index is 2.54. The molecule has 0 spiro atoms. The maximum Gasteiger partial charge on any atom is 0.319 e. The minimum Gasteiger partial charge on any atom is -0.328 e. The third kappa shape index (κ3) is 2.61. The first-order valence-corrected chi connectivity index (χ1v) is 5.30. The minimum absolute atomic E-state index is 0.146. The lowest BCUT2D eigenvalue weighted by Crippen LogP contribution is -2.58. The number of carbonyl (C=O) groups is 1. The Morgan fingerprint density at radius 3 is 2.36 bits per heavy atom. The first-order valence-electron chi connectivity index (χ1n) is 5.30. The number of carbonyl (C=O) groups excluding carboxylic acids is 1. The quantitative estimate of drug-likeness (QED) is 0.676. The van der Waals surface area contributed by atoms with Crippen molar-refractivity contribution in [3.8, 4) is 0 Å². The smallest absolute Gasteiger partial charge is 0.319 e. The zero-order valence-electron chi connectivity index (χ0n) is 9.58. The molecule has 4 heteroatoms. The maximum absolute atomic E-state index is 11.8. The molecule has 1 aliphatic heterocycles. The van der Waals surface area contributed by atoms with Crippen LogP contribution in [0.4, 0.5) is 4.79 Å². The standard InChI is InChI=1S/C10H21N3O/c1-5-12(4)10(14)13-6-8(2)11-9(3)7-13/h8-9,11H,5-7H2,1-4H3.